The highest BCUT2D eigenvalue weighted by atomic mass is 16.5. The van der Waals surface area contributed by atoms with E-state index in [1.165, 1.54) is 0 Å². The van der Waals surface area contributed by atoms with Crippen LogP contribution in [0.2, 0.25) is 0 Å². The number of methoxy groups -OCH3 is 1. The number of hydrogen-bond donors (Lipinski definition) is 1. The topological polar surface area (TPSA) is 58.8 Å². The molecule has 1 rings (SSSR count). The SMILES string of the molecule is COC1(C)CCCN(C(CN)CC(=O)N(C)C)C1. The number of rotatable bonds is 5. The molecule has 1 saturated heterocycles. The van der Waals surface area contributed by atoms with Crippen LogP contribution >= 0.6 is 0 Å². The van der Waals surface area contributed by atoms with E-state index >= 15 is 0 Å². The van der Waals surface area contributed by atoms with Gasteiger partial charge in [-0.05, 0) is 26.3 Å². The van der Waals surface area contributed by atoms with E-state index in [9.17, 15) is 4.79 Å². The Morgan fingerprint density at radius 3 is 2.72 bits per heavy atom. The van der Waals surface area contributed by atoms with Gasteiger partial charge in [-0.1, -0.05) is 0 Å². The van der Waals surface area contributed by atoms with Gasteiger partial charge in [0.05, 0.1) is 5.60 Å². The molecule has 18 heavy (non-hydrogen) atoms. The summed E-state index contributed by atoms with van der Waals surface area (Å²) in [6.45, 7) is 4.49. The molecular weight excluding hydrogens is 230 g/mol. The van der Waals surface area contributed by atoms with Crippen molar-refractivity contribution in [2.24, 2.45) is 5.73 Å². The number of piperidine rings is 1. The Bertz CT molecular complexity index is 283. The molecule has 1 heterocycles. The van der Waals surface area contributed by atoms with Gasteiger partial charge in [-0.25, -0.2) is 0 Å². The number of carbonyl (C=O) groups excluding carboxylic acids is 1. The van der Waals surface area contributed by atoms with Gasteiger partial charge in [-0.15, -0.1) is 0 Å². The van der Waals surface area contributed by atoms with E-state index in [0.29, 0.717) is 13.0 Å². The monoisotopic (exact) mass is 257 g/mol. The minimum Gasteiger partial charge on any atom is -0.377 e. The predicted octanol–water partition coefficient (Wildman–Crippen LogP) is 0.293. The van der Waals surface area contributed by atoms with Gasteiger partial charge in [-0.3, -0.25) is 9.69 Å². The average Bonchev–Trinajstić information content (AvgIpc) is 2.35. The largest absolute Gasteiger partial charge is 0.377 e. The van der Waals surface area contributed by atoms with Gasteiger partial charge in [0, 0.05) is 46.8 Å². The molecular formula is C13H27N3O2. The number of ether oxygens (including phenoxy) is 1. The highest BCUT2D eigenvalue weighted by Gasteiger charge is 2.34. The summed E-state index contributed by atoms with van der Waals surface area (Å²) in [4.78, 5) is 15.7. The van der Waals surface area contributed by atoms with Gasteiger partial charge in [0.15, 0.2) is 0 Å². The molecule has 1 fully saturated rings. The van der Waals surface area contributed by atoms with Crippen molar-refractivity contribution < 1.29 is 9.53 Å². The first-order chi connectivity index (χ1) is 8.41. The molecule has 2 N–H and O–H groups in total. The molecule has 2 atom stereocenters. The van der Waals surface area contributed by atoms with Crippen molar-refractivity contribution >= 4 is 5.91 Å². The van der Waals surface area contributed by atoms with Crippen molar-refractivity contribution in [3.05, 3.63) is 0 Å². The molecule has 1 amide bonds. The second-order valence-electron chi connectivity index (χ2n) is 5.61. The van der Waals surface area contributed by atoms with E-state index < -0.39 is 0 Å². The lowest BCUT2D eigenvalue weighted by atomic mass is 9.93. The molecule has 0 bridgehead atoms. The number of hydrogen-bond acceptors (Lipinski definition) is 4. The van der Waals surface area contributed by atoms with E-state index in [1.807, 2.05) is 0 Å². The van der Waals surface area contributed by atoms with Crippen molar-refractivity contribution in [2.45, 2.75) is 37.8 Å². The Balaban J connectivity index is 2.62. The minimum absolute atomic E-state index is 0.104. The molecule has 1 aliphatic heterocycles. The number of likely N-dealkylation sites (tertiary alicyclic amines) is 1. The summed E-state index contributed by atoms with van der Waals surface area (Å²) in [5.74, 6) is 0.134. The Morgan fingerprint density at radius 2 is 2.22 bits per heavy atom. The summed E-state index contributed by atoms with van der Waals surface area (Å²) in [5.41, 5.74) is 5.72. The van der Waals surface area contributed by atoms with Crippen LogP contribution in [0.3, 0.4) is 0 Å². The van der Waals surface area contributed by atoms with Gasteiger partial charge in [0.25, 0.3) is 0 Å². The maximum Gasteiger partial charge on any atom is 0.223 e. The fraction of sp³-hybridized carbons (Fsp3) is 0.923. The highest BCUT2D eigenvalue weighted by molar-refractivity contribution is 5.76. The maximum atomic E-state index is 11.8. The van der Waals surface area contributed by atoms with E-state index in [0.717, 1.165) is 25.9 Å². The van der Waals surface area contributed by atoms with Crippen molar-refractivity contribution in [2.75, 3.05) is 40.8 Å². The third-order valence-electron chi connectivity index (χ3n) is 3.88. The normalized spacial score (nSPS) is 26.9. The summed E-state index contributed by atoms with van der Waals surface area (Å²) in [7, 11) is 5.32. The van der Waals surface area contributed by atoms with Crippen LogP contribution in [0.5, 0.6) is 0 Å². The molecule has 5 nitrogen and oxygen atoms in total. The van der Waals surface area contributed by atoms with Crippen LogP contribution in [-0.2, 0) is 9.53 Å². The molecule has 0 radical (unpaired) electrons. The van der Waals surface area contributed by atoms with Gasteiger partial charge in [0.1, 0.15) is 0 Å². The van der Waals surface area contributed by atoms with Crippen molar-refractivity contribution in [3.63, 3.8) is 0 Å². The van der Waals surface area contributed by atoms with Crippen LogP contribution in [0, 0.1) is 0 Å². The Morgan fingerprint density at radius 1 is 1.56 bits per heavy atom. The first kappa shape index (κ1) is 15.4. The van der Waals surface area contributed by atoms with Crippen LogP contribution in [0.25, 0.3) is 0 Å². The predicted molar refractivity (Wildman–Crippen MR) is 72.4 cm³/mol. The smallest absolute Gasteiger partial charge is 0.223 e. The van der Waals surface area contributed by atoms with Crippen molar-refractivity contribution in [3.8, 4) is 0 Å². The zero-order valence-electron chi connectivity index (χ0n) is 12.1. The summed E-state index contributed by atoms with van der Waals surface area (Å²) in [5, 5.41) is 0. The van der Waals surface area contributed by atoms with E-state index in [1.54, 1.807) is 26.1 Å². The van der Waals surface area contributed by atoms with Gasteiger partial charge < -0.3 is 15.4 Å². The Labute approximate surface area is 110 Å². The first-order valence-corrected chi connectivity index (χ1v) is 6.61. The fourth-order valence-electron chi connectivity index (χ4n) is 2.47. The van der Waals surface area contributed by atoms with E-state index in [-0.39, 0.29) is 17.6 Å². The zero-order chi connectivity index (χ0) is 13.8. The lowest BCUT2D eigenvalue weighted by Gasteiger charge is -2.43. The molecule has 0 aromatic heterocycles. The Kier molecular flexibility index (Phi) is 5.56. The van der Waals surface area contributed by atoms with Crippen LogP contribution in [0.4, 0.5) is 0 Å². The molecule has 2 unspecified atom stereocenters. The zero-order valence-corrected chi connectivity index (χ0v) is 12.1. The van der Waals surface area contributed by atoms with Gasteiger partial charge in [-0.2, -0.15) is 0 Å². The minimum atomic E-state index is -0.104. The molecule has 0 aliphatic carbocycles. The standard InChI is InChI=1S/C13H27N3O2/c1-13(18-4)6-5-7-16(10-13)11(9-14)8-12(17)15(2)3/h11H,5-10,14H2,1-4H3. The van der Waals surface area contributed by atoms with E-state index in [4.69, 9.17) is 10.5 Å². The summed E-state index contributed by atoms with van der Waals surface area (Å²) < 4.78 is 5.58. The second-order valence-corrected chi connectivity index (χ2v) is 5.61. The lowest BCUT2D eigenvalue weighted by molar-refractivity contribution is -0.131. The van der Waals surface area contributed by atoms with Crippen molar-refractivity contribution in [1.29, 1.82) is 0 Å². The molecule has 0 spiro atoms. The van der Waals surface area contributed by atoms with Gasteiger partial charge >= 0.3 is 0 Å². The second kappa shape index (κ2) is 6.50. The van der Waals surface area contributed by atoms with Crippen LogP contribution in [0.1, 0.15) is 26.2 Å². The third kappa shape index (κ3) is 3.93. The number of nitrogens with two attached hydrogens (primary N) is 1. The van der Waals surface area contributed by atoms with Crippen molar-refractivity contribution in [1.82, 2.24) is 9.80 Å². The maximum absolute atomic E-state index is 11.8. The molecule has 0 saturated carbocycles. The first-order valence-electron chi connectivity index (χ1n) is 6.61. The van der Waals surface area contributed by atoms with Crippen LogP contribution < -0.4 is 5.73 Å². The average molecular weight is 257 g/mol. The summed E-state index contributed by atoms with van der Waals surface area (Å²) in [6.07, 6.45) is 2.65. The number of carbonyl (C=O) groups is 1. The molecule has 0 aromatic rings. The van der Waals surface area contributed by atoms with Gasteiger partial charge in [0.2, 0.25) is 5.91 Å². The third-order valence-corrected chi connectivity index (χ3v) is 3.88. The molecule has 1 aliphatic rings. The number of nitrogens with zero attached hydrogens (tertiary/aromatic N) is 2. The number of amides is 1. The molecule has 0 aromatic carbocycles. The van der Waals surface area contributed by atoms with Crippen LogP contribution in [-0.4, -0.2) is 68.2 Å². The molecule has 106 valence electrons. The quantitative estimate of drug-likeness (QED) is 0.769. The molecule has 5 heteroatoms. The highest BCUT2D eigenvalue weighted by Crippen LogP contribution is 2.25. The summed E-state index contributed by atoms with van der Waals surface area (Å²) in [6, 6.07) is 0.120. The summed E-state index contributed by atoms with van der Waals surface area (Å²) >= 11 is 0. The van der Waals surface area contributed by atoms with Crippen LogP contribution in [0.15, 0.2) is 0 Å². The lowest BCUT2D eigenvalue weighted by Crippen LogP contribution is -2.54. The fourth-order valence-corrected chi connectivity index (χ4v) is 2.47. The Hall–Kier alpha value is -0.650. The van der Waals surface area contributed by atoms with E-state index in [2.05, 4.69) is 11.8 Å².